The van der Waals surface area contributed by atoms with Gasteiger partial charge in [-0.1, -0.05) is 18.2 Å². The molecule has 0 N–H and O–H groups in total. The van der Waals surface area contributed by atoms with Gasteiger partial charge >= 0.3 is 0 Å². The summed E-state index contributed by atoms with van der Waals surface area (Å²) in [7, 11) is 0. The van der Waals surface area contributed by atoms with E-state index in [1.165, 1.54) is 0 Å². The smallest absolute Gasteiger partial charge is 0.0749 e. The molecule has 1 aliphatic carbocycles. The summed E-state index contributed by atoms with van der Waals surface area (Å²) < 4.78 is 0. The van der Waals surface area contributed by atoms with Crippen molar-refractivity contribution in [3.05, 3.63) is 41.7 Å². The van der Waals surface area contributed by atoms with Gasteiger partial charge < -0.3 is 0 Å². The lowest BCUT2D eigenvalue weighted by Gasteiger charge is -1.89. The molecule has 0 aromatic rings. The van der Waals surface area contributed by atoms with Crippen LogP contribution in [0.4, 0.5) is 0 Å². The molecule has 0 unspecified atom stereocenters. The molecule has 0 atom stereocenters. The highest BCUT2D eigenvalue weighted by Crippen LogP contribution is 1.99. The summed E-state index contributed by atoms with van der Waals surface area (Å²) in [5, 5.41) is 2.32. The fourth-order valence-corrected chi connectivity index (χ4v) is 0.780. The van der Waals surface area contributed by atoms with E-state index in [4.69, 9.17) is 0 Å². The Hall–Kier alpha value is -1.20. The van der Waals surface area contributed by atoms with Gasteiger partial charge in [0, 0.05) is 0 Å². The standard InChI is InChI=1S/C9H7NS/c11-8-10-7-9-5-3-1-2-4-6-9/h1-3,5-6H,7H2. The zero-order valence-corrected chi connectivity index (χ0v) is 6.77. The van der Waals surface area contributed by atoms with E-state index in [0.717, 1.165) is 5.57 Å². The Kier molecular flexibility index (Phi) is 3.30. The Bertz CT molecular complexity index is 298. The summed E-state index contributed by atoms with van der Waals surface area (Å²) in [4.78, 5) is 3.81. The topological polar surface area (TPSA) is 12.4 Å². The highest BCUT2D eigenvalue weighted by Gasteiger charge is 1.87. The van der Waals surface area contributed by atoms with Gasteiger partial charge in [0.1, 0.15) is 0 Å². The van der Waals surface area contributed by atoms with Crippen LogP contribution in [0.15, 0.2) is 46.7 Å². The van der Waals surface area contributed by atoms with Gasteiger partial charge in [-0.2, -0.15) is 0 Å². The quantitative estimate of drug-likeness (QED) is 0.344. The fraction of sp³-hybridized carbons (Fsp3) is 0.111. The van der Waals surface area contributed by atoms with Crippen LogP contribution >= 0.6 is 12.2 Å². The molecule has 1 rings (SSSR count). The lowest BCUT2D eigenvalue weighted by atomic mass is 10.2. The summed E-state index contributed by atoms with van der Waals surface area (Å²) in [6, 6.07) is 0. The molecule has 0 fully saturated rings. The summed E-state index contributed by atoms with van der Waals surface area (Å²) in [5.74, 6) is 0. The highest BCUT2D eigenvalue weighted by atomic mass is 32.1. The van der Waals surface area contributed by atoms with E-state index in [2.05, 4.69) is 28.1 Å². The first-order chi connectivity index (χ1) is 5.43. The van der Waals surface area contributed by atoms with Gasteiger partial charge in [0.2, 0.25) is 0 Å². The zero-order chi connectivity index (χ0) is 7.94. The van der Waals surface area contributed by atoms with Gasteiger partial charge in [0.25, 0.3) is 0 Å². The second-order valence-electron chi connectivity index (χ2n) is 2.01. The van der Waals surface area contributed by atoms with Crippen LogP contribution in [-0.2, 0) is 0 Å². The fourth-order valence-electron chi connectivity index (χ4n) is 0.715. The molecule has 54 valence electrons. The van der Waals surface area contributed by atoms with Crippen LogP contribution in [0, 0.1) is 0 Å². The Morgan fingerprint density at radius 2 is 2.45 bits per heavy atom. The number of isothiocyanates is 1. The third kappa shape index (κ3) is 2.92. The number of thiocarbonyl (C=S) groups is 1. The number of aliphatic imine (C=N–C) groups is 1. The lowest BCUT2D eigenvalue weighted by Crippen LogP contribution is -1.81. The molecule has 1 nitrogen and oxygen atoms in total. The summed E-state index contributed by atoms with van der Waals surface area (Å²) in [6.45, 7) is 0.592. The normalized spacial score (nSPS) is 13.6. The largest absolute Gasteiger partial charge is 0.228 e. The summed E-state index contributed by atoms with van der Waals surface area (Å²) >= 11 is 4.45. The number of allylic oxidation sites excluding steroid dienone is 3. The molecule has 0 amide bonds. The van der Waals surface area contributed by atoms with E-state index in [-0.39, 0.29) is 0 Å². The van der Waals surface area contributed by atoms with E-state index >= 15 is 0 Å². The average molecular weight is 161 g/mol. The van der Waals surface area contributed by atoms with Crippen LogP contribution in [0.2, 0.25) is 0 Å². The SMILES string of the molecule is S=C=NCC1=CC=CC=C=C1. The van der Waals surface area contributed by atoms with Crippen LogP contribution in [0.1, 0.15) is 0 Å². The molecule has 0 aromatic heterocycles. The third-order valence-corrected chi connectivity index (χ3v) is 1.34. The zero-order valence-electron chi connectivity index (χ0n) is 5.95. The first-order valence-electron chi connectivity index (χ1n) is 3.25. The van der Waals surface area contributed by atoms with Gasteiger partial charge in [0.05, 0.1) is 11.7 Å². The van der Waals surface area contributed by atoms with Crippen molar-refractivity contribution >= 4 is 17.4 Å². The number of rotatable bonds is 2. The van der Waals surface area contributed by atoms with Gasteiger partial charge in [-0.25, -0.2) is 4.99 Å². The van der Waals surface area contributed by atoms with E-state index < -0.39 is 0 Å². The molecule has 0 aliphatic heterocycles. The molecule has 0 bridgehead atoms. The number of hydrogen-bond acceptors (Lipinski definition) is 2. The molecule has 0 saturated carbocycles. The maximum atomic E-state index is 4.45. The molecule has 0 aromatic carbocycles. The molecule has 11 heavy (non-hydrogen) atoms. The molecular formula is C9H7NS. The van der Waals surface area contributed by atoms with Crippen LogP contribution < -0.4 is 0 Å². The predicted molar refractivity (Wildman–Crippen MR) is 49.8 cm³/mol. The number of hydrogen-bond donors (Lipinski definition) is 0. The molecule has 0 spiro atoms. The molecule has 1 aliphatic rings. The van der Waals surface area contributed by atoms with Crippen molar-refractivity contribution in [2.24, 2.45) is 4.99 Å². The monoisotopic (exact) mass is 161 g/mol. The molecular weight excluding hydrogens is 154 g/mol. The van der Waals surface area contributed by atoms with Crippen molar-refractivity contribution in [1.29, 1.82) is 0 Å². The molecule has 0 saturated heterocycles. The van der Waals surface area contributed by atoms with Gasteiger partial charge in [-0.3, -0.25) is 0 Å². The maximum Gasteiger partial charge on any atom is 0.0749 e. The van der Waals surface area contributed by atoms with E-state index in [9.17, 15) is 0 Å². The number of nitrogens with zero attached hydrogens (tertiary/aromatic N) is 1. The molecule has 2 heteroatoms. The Morgan fingerprint density at radius 1 is 1.55 bits per heavy atom. The van der Waals surface area contributed by atoms with Crippen LogP contribution in [0.25, 0.3) is 0 Å². The van der Waals surface area contributed by atoms with Crippen LogP contribution in [-0.4, -0.2) is 11.7 Å². The van der Waals surface area contributed by atoms with Crippen LogP contribution in [0.5, 0.6) is 0 Å². The summed E-state index contributed by atoms with van der Waals surface area (Å²) in [6.07, 6.45) is 9.59. The Labute approximate surface area is 71.1 Å². The van der Waals surface area contributed by atoms with Gasteiger partial charge in [-0.15, -0.1) is 5.73 Å². The molecule has 0 heterocycles. The van der Waals surface area contributed by atoms with Crippen molar-refractivity contribution in [3.63, 3.8) is 0 Å². The average Bonchev–Trinajstić information content (AvgIpc) is 2.28. The maximum absolute atomic E-state index is 4.45. The van der Waals surface area contributed by atoms with Gasteiger partial charge in [0.15, 0.2) is 0 Å². The molecule has 0 radical (unpaired) electrons. The first-order valence-corrected chi connectivity index (χ1v) is 3.66. The summed E-state index contributed by atoms with van der Waals surface area (Å²) in [5.41, 5.74) is 4.07. The van der Waals surface area contributed by atoms with Crippen molar-refractivity contribution in [1.82, 2.24) is 0 Å². The van der Waals surface area contributed by atoms with Gasteiger partial charge in [-0.05, 0) is 29.9 Å². The van der Waals surface area contributed by atoms with E-state index in [0.29, 0.717) is 6.54 Å². The second-order valence-corrected chi connectivity index (χ2v) is 2.19. The first kappa shape index (κ1) is 7.90. The van der Waals surface area contributed by atoms with E-state index in [1.807, 2.05) is 30.4 Å². The Morgan fingerprint density at radius 3 is 3.27 bits per heavy atom. The van der Waals surface area contributed by atoms with Crippen molar-refractivity contribution < 1.29 is 0 Å². The second kappa shape index (κ2) is 4.59. The van der Waals surface area contributed by atoms with E-state index in [1.54, 1.807) is 0 Å². The van der Waals surface area contributed by atoms with Crippen LogP contribution in [0.3, 0.4) is 0 Å². The minimum Gasteiger partial charge on any atom is -0.228 e. The van der Waals surface area contributed by atoms with Crippen molar-refractivity contribution in [2.75, 3.05) is 6.54 Å². The Balaban J connectivity index is 2.71. The third-order valence-electron chi connectivity index (χ3n) is 1.21. The predicted octanol–water partition coefficient (Wildman–Crippen LogP) is 2.30. The minimum absolute atomic E-state index is 0.592. The lowest BCUT2D eigenvalue weighted by molar-refractivity contribution is 1.20. The minimum atomic E-state index is 0.592. The highest BCUT2D eigenvalue weighted by molar-refractivity contribution is 7.78. The van der Waals surface area contributed by atoms with Crippen molar-refractivity contribution in [3.8, 4) is 0 Å². The van der Waals surface area contributed by atoms with Crippen molar-refractivity contribution in [2.45, 2.75) is 0 Å².